The van der Waals surface area contributed by atoms with E-state index in [1.165, 1.54) is 6.07 Å². The average Bonchev–Trinajstić information content (AvgIpc) is 2.32. The highest BCUT2D eigenvalue weighted by Gasteiger charge is 2.14. The van der Waals surface area contributed by atoms with Crippen LogP contribution in [0.3, 0.4) is 0 Å². The van der Waals surface area contributed by atoms with Gasteiger partial charge in [0.1, 0.15) is 5.82 Å². The van der Waals surface area contributed by atoms with Crippen molar-refractivity contribution in [3.8, 4) is 0 Å². The number of nitrogens with two attached hydrogens (primary N) is 1. The zero-order valence-electron chi connectivity index (χ0n) is 10.6. The zero-order valence-corrected chi connectivity index (χ0v) is 12.2. The number of unbranched alkanes of at least 4 members (excludes halogenated alkanes) is 1. The lowest BCUT2D eigenvalue weighted by Crippen LogP contribution is -2.35. The third-order valence-corrected chi connectivity index (χ3v) is 3.34. The van der Waals surface area contributed by atoms with Gasteiger partial charge in [-0.1, -0.05) is 19.8 Å². The van der Waals surface area contributed by atoms with Crippen LogP contribution in [0.25, 0.3) is 0 Å². The number of halogens is 2. The molecule has 1 atom stereocenters. The predicted octanol–water partition coefficient (Wildman–Crippen LogP) is 3.35. The molecule has 3 nitrogen and oxygen atoms in total. The van der Waals surface area contributed by atoms with E-state index >= 15 is 0 Å². The molecule has 18 heavy (non-hydrogen) atoms. The van der Waals surface area contributed by atoms with Crippen molar-refractivity contribution in [2.75, 3.05) is 5.32 Å². The molecule has 0 aromatic heterocycles. The fourth-order valence-electron chi connectivity index (χ4n) is 1.56. The van der Waals surface area contributed by atoms with Crippen LogP contribution in [-0.2, 0) is 4.79 Å². The summed E-state index contributed by atoms with van der Waals surface area (Å²) < 4.78 is 13.6. The number of carbonyl (C=O) groups excluding carboxylic acids is 1. The van der Waals surface area contributed by atoms with Gasteiger partial charge in [-0.25, -0.2) is 4.39 Å². The van der Waals surface area contributed by atoms with E-state index in [0.717, 1.165) is 12.8 Å². The topological polar surface area (TPSA) is 55.1 Å². The van der Waals surface area contributed by atoms with Crippen molar-refractivity contribution in [2.45, 2.75) is 39.2 Å². The molecular formula is C13H18BrFN2O. The van der Waals surface area contributed by atoms with Crippen molar-refractivity contribution in [3.63, 3.8) is 0 Å². The summed E-state index contributed by atoms with van der Waals surface area (Å²) in [5.74, 6) is -0.578. The number of rotatable bonds is 5. The van der Waals surface area contributed by atoms with Gasteiger partial charge >= 0.3 is 0 Å². The normalized spacial score (nSPS) is 12.3. The van der Waals surface area contributed by atoms with Crippen molar-refractivity contribution in [1.82, 2.24) is 0 Å². The minimum absolute atomic E-state index is 0.231. The highest BCUT2D eigenvalue weighted by atomic mass is 79.9. The molecule has 5 heteroatoms. The molecule has 0 aliphatic heterocycles. The van der Waals surface area contributed by atoms with Crippen LogP contribution < -0.4 is 11.1 Å². The van der Waals surface area contributed by atoms with Gasteiger partial charge in [0.2, 0.25) is 5.91 Å². The highest BCUT2D eigenvalue weighted by Crippen LogP contribution is 2.24. The first-order chi connectivity index (χ1) is 8.45. The third kappa shape index (κ3) is 4.07. The van der Waals surface area contributed by atoms with Gasteiger partial charge in [-0.3, -0.25) is 4.79 Å². The number of amides is 1. The Hall–Kier alpha value is -0.940. The van der Waals surface area contributed by atoms with Crippen LogP contribution in [0.2, 0.25) is 0 Å². The summed E-state index contributed by atoms with van der Waals surface area (Å²) in [4.78, 5) is 11.8. The maximum Gasteiger partial charge on any atom is 0.241 e. The van der Waals surface area contributed by atoms with E-state index in [-0.39, 0.29) is 11.7 Å². The molecule has 0 aliphatic carbocycles. The Morgan fingerprint density at radius 2 is 2.22 bits per heavy atom. The molecule has 0 heterocycles. The summed E-state index contributed by atoms with van der Waals surface area (Å²) in [6.45, 7) is 3.79. The molecule has 1 aromatic rings. The Kier molecular flexibility index (Phi) is 5.75. The SMILES string of the molecule is CCCC[C@H](N)C(=O)Nc1cc(Br)c(F)cc1C. The number of nitrogens with one attached hydrogen (secondary N) is 1. The molecule has 1 amide bonds. The monoisotopic (exact) mass is 316 g/mol. The molecule has 0 saturated carbocycles. The maximum absolute atomic E-state index is 13.2. The van der Waals surface area contributed by atoms with Crippen molar-refractivity contribution in [3.05, 3.63) is 28.0 Å². The Balaban J connectivity index is 2.72. The van der Waals surface area contributed by atoms with Crippen LogP contribution in [0.4, 0.5) is 10.1 Å². The van der Waals surface area contributed by atoms with E-state index in [1.807, 2.05) is 6.92 Å². The number of anilines is 1. The zero-order chi connectivity index (χ0) is 13.7. The lowest BCUT2D eigenvalue weighted by atomic mass is 10.1. The van der Waals surface area contributed by atoms with Crippen molar-refractivity contribution >= 4 is 27.5 Å². The van der Waals surface area contributed by atoms with Gasteiger partial charge in [-0.15, -0.1) is 0 Å². The first-order valence-electron chi connectivity index (χ1n) is 5.97. The number of benzene rings is 1. The van der Waals surface area contributed by atoms with Crippen molar-refractivity contribution in [2.24, 2.45) is 5.73 Å². The quantitative estimate of drug-likeness (QED) is 0.875. The first-order valence-corrected chi connectivity index (χ1v) is 6.77. The molecule has 0 saturated heterocycles. The summed E-state index contributed by atoms with van der Waals surface area (Å²) in [6.07, 6.45) is 2.58. The Bertz CT molecular complexity index is 437. The van der Waals surface area contributed by atoms with Crippen LogP contribution in [0.5, 0.6) is 0 Å². The summed E-state index contributed by atoms with van der Waals surface area (Å²) in [6, 6.07) is 2.40. The molecule has 1 rings (SSSR count). The van der Waals surface area contributed by atoms with E-state index in [0.29, 0.717) is 22.1 Å². The van der Waals surface area contributed by atoms with Crippen LogP contribution in [0, 0.1) is 12.7 Å². The molecule has 1 aromatic carbocycles. The lowest BCUT2D eigenvalue weighted by molar-refractivity contribution is -0.117. The lowest BCUT2D eigenvalue weighted by Gasteiger charge is -2.14. The van der Waals surface area contributed by atoms with E-state index in [1.54, 1.807) is 13.0 Å². The predicted molar refractivity (Wildman–Crippen MR) is 75.0 cm³/mol. The average molecular weight is 317 g/mol. The van der Waals surface area contributed by atoms with Crippen LogP contribution in [0.15, 0.2) is 16.6 Å². The maximum atomic E-state index is 13.2. The first kappa shape index (κ1) is 15.1. The summed E-state index contributed by atoms with van der Waals surface area (Å²) in [5.41, 5.74) is 7.03. The molecule has 0 bridgehead atoms. The van der Waals surface area contributed by atoms with Crippen LogP contribution in [-0.4, -0.2) is 11.9 Å². The van der Waals surface area contributed by atoms with Gasteiger partial charge in [0.05, 0.1) is 10.5 Å². The van der Waals surface area contributed by atoms with Gasteiger partial charge in [0.15, 0.2) is 0 Å². The van der Waals surface area contributed by atoms with E-state index in [4.69, 9.17) is 5.73 Å². The second-order valence-electron chi connectivity index (χ2n) is 4.32. The Morgan fingerprint density at radius 3 is 2.83 bits per heavy atom. The van der Waals surface area contributed by atoms with Gasteiger partial charge in [0, 0.05) is 5.69 Å². The molecule has 0 aliphatic rings. The van der Waals surface area contributed by atoms with Gasteiger partial charge < -0.3 is 11.1 Å². The van der Waals surface area contributed by atoms with E-state index in [9.17, 15) is 9.18 Å². The summed E-state index contributed by atoms with van der Waals surface area (Å²) >= 11 is 3.09. The molecule has 0 radical (unpaired) electrons. The smallest absolute Gasteiger partial charge is 0.241 e. The second-order valence-corrected chi connectivity index (χ2v) is 5.17. The standard InChI is InChI=1S/C13H18BrFN2O/c1-3-4-5-11(16)13(18)17-12-7-9(14)10(15)6-8(12)2/h6-7,11H,3-5,16H2,1-2H3,(H,17,18)/t11-/m0/s1. The number of carbonyl (C=O) groups is 1. The Labute approximate surface area is 115 Å². The van der Waals surface area contributed by atoms with E-state index in [2.05, 4.69) is 21.2 Å². The van der Waals surface area contributed by atoms with Crippen molar-refractivity contribution in [1.29, 1.82) is 0 Å². The van der Waals surface area contributed by atoms with Gasteiger partial charge in [-0.2, -0.15) is 0 Å². The van der Waals surface area contributed by atoms with Crippen LogP contribution in [0.1, 0.15) is 31.7 Å². The highest BCUT2D eigenvalue weighted by molar-refractivity contribution is 9.10. The molecular weight excluding hydrogens is 299 g/mol. The number of aryl methyl sites for hydroxylation is 1. The van der Waals surface area contributed by atoms with Crippen molar-refractivity contribution < 1.29 is 9.18 Å². The minimum atomic E-state index is -0.520. The third-order valence-electron chi connectivity index (χ3n) is 2.73. The molecule has 100 valence electrons. The summed E-state index contributed by atoms with van der Waals surface area (Å²) in [5, 5.41) is 2.73. The molecule has 0 spiro atoms. The number of hydrogen-bond donors (Lipinski definition) is 2. The largest absolute Gasteiger partial charge is 0.324 e. The summed E-state index contributed by atoms with van der Waals surface area (Å²) in [7, 11) is 0. The molecule has 3 N–H and O–H groups in total. The second kappa shape index (κ2) is 6.85. The van der Waals surface area contributed by atoms with Crippen LogP contribution >= 0.6 is 15.9 Å². The minimum Gasteiger partial charge on any atom is -0.324 e. The van der Waals surface area contributed by atoms with Gasteiger partial charge in [0.25, 0.3) is 0 Å². The van der Waals surface area contributed by atoms with Gasteiger partial charge in [-0.05, 0) is 47.0 Å². The fourth-order valence-corrected chi connectivity index (χ4v) is 1.90. The molecule has 0 fully saturated rings. The molecule has 0 unspecified atom stereocenters. The fraction of sp³-hybridized carbons (Fsp3) is 0.462. The van der Waals surface area contributed by atoms with E-state index < -0.39 is 6.04 Å². The number of hydrogen-bond acceptors (Lipinski definition) is 2. The Morgan fingerprint density at radius 1 is 1.56 bits per heavy atom.